The highest BCUT2D eigenvalue weighted by molar-refractivity contribution is 5.85. The normalized spacial score (nSPS) is 21.5. The molecule has 1 saturated carbocycles. The van der Waals surface area contributed by atoms with Gasteiger partial charge in [-0.2, -0.15) is 5.26 Å². The first-order valence-corrected chi connectivity index (χ1v) is 8.90. The Morgan fingerprint density at radius 2 is 1.88 bits per heavy atom. The molecule has 130 valence electrons. The van der Waals surface area contributed by atoms with Gasteiger partial charge in [0, 0.05) is 38.3 Å². The van der Waals surface area contributed by atoms with E-state index in [0.29, 0.717) is 13.1 Å². The van der Waals surface area contributed by atoms with E-state index < -0.39 is 5.41 Å². The van der Waals surface area contributed by atoms with Gasteiger partial charge in [0.25, 0.3) is 0 Å². The molecule has 6 heteroatoms. The molecule has 0 atom stereocenters. The molecule has 1 amide bonds. The van der Waals surface area contributed by atoms with E-state index in [0.717, 1.165) is 68.8 Å². The SMILES string of the molecule is Cc1noc(C)c1CN1CCN(C(=O)C2(C#N)CCCCC2)CC1. The van der Waals surface area contributed by atoms with Gasteiger partial charge in [-0.3, -0.25) is 9.69 Å². The van der Waals surface area contributed by atoms with E-state index in [1.54, 1.807) is 0 Å². The van der Waals surface area contributed by atoms with Gasteiger partial charge < -0.3 is 9.42 Å². The molecule has 0 radical (unpaired) electrons. The Morgan fingerprint density at radius 1 is 1.21 bits per heavy atom. The first kappa shape index (κ1) is 17.0. The zero-order valence-corrected chi connectivity index (χ0v) is 14.7. The second kappa shape index (κ2) is 6.94. The lowest BCUT2D eigenvalue weighted by molar-refractivity contribution is -0.142. The van der Waals surface area contributed by atoms with Crippen LogP contribution < -0.4 is 0 Å². The van der Waals surface area contributed by atoms with Crippen molar-refractivity contribution in [2.75, 3.05) is 26.2 Å². The Bertz CT molecular complexity index is 612. The molecular weight excluding hydrogens is 304 g/mol. The Kier molecular flexibility index (Phi) is 4.91. The molecule has 2 fully saturated rings. The second-order valence-corrected chi connectivity index (χ2v) is 7.13. The van der Waals surface area contributed by atoms with Gasteiger partial charge in [0.15, 0.2) is 0 Å². The van der Waals surface area contributed by atoms with Crippen molar-refractivity contribution in [2.45, 2.75) is 52.5 Å². The molecule has 0 unspecified atom stereocenters. The largest absolute Gasteiger partial charge is 0.361 e. The van der Waals surface area contributed by atoms with Crippen molar-refractivity contribution in [3.05, 3.63) is 17.0 Å². The molecule has 1 aromatic rings. The quantitative estimate of drug-likeness (QED) is 0.851. The lowest BCUT2D eigenvalue weighted by Crippen LogP contribution is -2.53. The number of hydrogen-bond acceptors (Lipinski definition) is 5. The minimum atomic E-state index is -0.762. The number of rotatable bonds is 3. The Labute approximate surface area is 143 Å². The van der Waals surface area contributed by atoms with Crippen LogP contribution in [-0.2, 0) is 11.3 Å². The third-order valence-corrected chi connectivity index (χ3v) is 5.55. The number of amides is 1. The maximum atomic E-state index is 12.9. The summed E-state index contributed by atoms with van der Waals surface area (Å²) in [4.78, 5) is 17.1. The smallest absolute Gasteiger partial charge is 0.243 e. The van der Waals surface area contributed by atoms with Gasteiger partial charge in [0.05, 0.1) is 11.8 Å². The molecule has 0 spiro atoms. The molecule has 2 aliphatic rings. The summed E-state index contributed by atoms with van der Waals surface area (Å²) in [7, 11) is 0. The first-order chi connectivity index (χ1) is 11.6. The predicted molar refractivity (Wildman–Crippen MR) is 89.0 cm³/mol. The van der Waals surface area contributed by atoms with Crippen molar-refractivity contribution in [3.8, 4) is 6.07 Å². The van der Waals surface area contributed by atoms with Crippen molar-refractivity contribution in [2.24, 2.45) is 5.41 Å². The third-order valence-electron chi connectivity index (χ3n) is 5.55. The van der Waals surface area contributed by atoms with Crippen LogP contribution in [-0.4, -0.2) is 47.0 Å². The lowest BCUT2D eigenvalue weighted by atomic mass is 9.74. The summed E-state index contributed by atoms with van der Waals surface area (Å²) >= 11 is 0. The van der Waals surface area contributed by atoms with Crippen LogP contribution in [0.25, 0.3) is 0 Å². The monoisotopic (exact) mass is 330 g/mol. The molecule has 1 saturated heterocycles. The van der Waals surface area contributed by atoms with Gasteiger partial charge in [-0.25, -0.2) is 0 Å². The molecule has 0 N–H and O–H groups in total. The van der Waals surface area contributed by atoms with Gasteiger partial charge in [-0.15, -0.1) is 0 Å². The van der Waals surface area contributed by atoms with E-state index in [9.17, 15) is 10.1 Å². The zero-order chi connectivity index (χ0) is 17.2. The molecular formula is C18H26N4O2. The average molecular weight is 330 g/mol. The maximum absolute atomic E-state index is 12.9. The van der Waals surface area contributed by atoms with Crippen molar-refractivity contribution in [1.82, 2.24) is 15.0 Å². The second-order valence-electron chi connectivity index (χ2n) is 7.13. The molecule has 24 heavy (non-hydrogen) atoms. The fraction of sp³-hybridized carbons (Fsp3) is 0.722. The van der Waals surface area contributed by atoms with Gasteiger partial charge in [-0.05, 0) is 26.7 Å². The summed E-state index contributed by atoms with van der Waals surface area (Å²) in [6.45, 7) is 7.78. The standard InChI is InChI=1S/C18H26N4O2/c1-14-16(15(2)24-20-14)12-21-8-10-22(11-9-21)17(23)18(13-19)6-4-3-5-7-18/h3-12H2,1-2H3. The highest BCUT2D eigenvalue weighted by Gasteiger charge is 2.43. The topological polar surface area (TPSA) is 73.4 Å². The maximum Gasteiger partial charge on any atom is 0.243 e. The van der Waals surface area contributed by atoms with Crippen LogP contribution in [0.2, 0.25) is 0 Å². The summed E-state index contributed by atoms with van der Waals surface area (Å²) < 4.78 is 5.23. The highest BCUT2D eigenvalue weighted by atomic mass is 16.5. The number of aryl methyl sites for hydroxylation is 2. The molecule has 0 aromatic carbocycles. The van der Waals surface area contributed by atoms with E-state index in [1.165, 1.54) is 0 Å². The van der Waals surface area contributed by atoms with E-state index in [2.05, 4.69) is 16.1 Å². The van der Waals surface area contributed by atoms with Gasteiger partial charge in [0.2, 0.25) is 5.91 Å². The molecule has 1 aromatic heterocycles. The van der Waals surface area contributed by atoms with Crippen LogP contribution >= 0.6 is 0 Å². The van der Waals surface area contributed by atoms with Crippen molar-refractivity contribution >= 4 is 5.91 Å². The molecule has 1 aliphatic carbocycles. The van der Waals surface area contributed by atoms with Gasteiger partial charge >= 0.3 is 0 Å². The summed E-state index contributed by atoms with van der Waals surface area (Å²) in [6, 6.07) is 2.35. The number of nitrogens with zero attached hydrogens (tertiary/aromatic N) is 4. The average Bonchev–Trinajstić information content (AvgIpc) is 2.94. The fourth-order valence-corrected chi connectivity index (χ4v) is 3.89. The predicted octanol–water partition coefficient (Wildman–Crippen LogP) is 2.41. The van der Waals surface area contributed by atoms with Crippen LogP contribution in [0, 0.1) is 30.6 Å². The minimum absolute atomic E-state index is 0.0571. The number of carbonyl (C=O) groups is 1. The Balaban J connectivity index is 1.59. The lowest BCUT2D eigenvalue weighted by Gasteiger charge is -2.39. The number of aromatic nitrogens is 1. The Hall–Kier alpha value is -1.87. The van der Waals surface area contributed by atoms with E-state index in [-0.39, 0.29) is 5.91 Å². The summed E-state index contributed by atoms with van der Waals surface area (Å²) in [5.41, 5.74) is 1.33. The van der Waals surface area contributed by atoms with E-state index in [1.807, 2.05) is 18.7 Å². The molecule has 2 heterocycles. The van der Waals surface area contributed by atoms with Crippen LogP contribution in [0.3, 0.4) is 0 Å². The number of hydrogen-bond donors (Lipinski definition) is 0. The van der Waals surface area contributed by atoms with Crippen molar-refractivity contribution in [3.63, 3.8) is 0 Å². The van der Waals surface area contributed by atoms with Crippen molar-refractivity contribution in [1.29, 1.82) is 5.26 Å². The molecule has 0 bridgehead atoms. The van der Waals surface area contributed by atoms with E-state index in [4.69, 9.17) is 4.52 Å². The zero-order valence-electron chi connectivity index (χ0n) is 14.7. The van der Waals surface area contributed by atoms with Gasteiger partial charge in [-0.1, -0.05) is 24.4 Å². The number of piperazine rings is 1. The summed E-state index contributed by atoms with van der Waals surface area (Å²) in [6.07, 6.45) is 4.57. The Morgan fingerprint density at radius 3 is 2.42 bits per heavy atom. The van der Waals surface area contributed by atoms with Crippen LogP contribution in [0.15, 0.2) is 4.52 Å². The van der Waals surface area contributed by atoms with Crippen LogP contribution in [0.5, 0.6) is 0 Å². The van der Waals surface area contributed by atoms with E-state index >= 15 is 0 Å². The molecule has 1 aliphatic heterocycles. The van der Waals surface area contributed by atoms with Crippen LogP contribution in [0.1, 0.15) is 49.1 Å². The minimum Gasteiger partial charge on any atom is -0.361 e. The third kappa shape index (κ3) is 3.18. The molecule has 6 nitrogen and oxygen atoms in total. The van der Waals surface area contributed by atoms with Crippen LogP contribution in [0.4, 0.5) is 0 Å². The number of nitriles is 1. The summed E-state index contributed by atoms with van der Waals surface area (Å²) in [5.74, 6) is 0.929. The fourth-order valence-electron chi connectivity index (χ4n) is 3.89. The summed E-state index contributed by atoms with van der Waals surface area (Å²) in [5, 5.41) is 13.6. The van der Waals surface area contributed by atoms with Crippen molar-refractivity contribution < 1.29 is 9.32 Å². The molecule has 3 rings (SSSR count). The highest BCUT2D eigenvalue weighted by Crippen LogP contribution is 2.37. The number of carbonyl (C=O) groups excluding carboxylic acids is 1. The first-order valence-electron chi connectivity index (χ1n) is 8.90. The van der Waals surface area contributed by atoms with Gasteiger partial charge in [0.1, 0.15) is 11.2 Å².